The van der Waals surface area contributed by atoms with Crippen molar-refractivity contribution in [3.05, 3.63) is 78.1 Å². The number of carboxylic acids is 1. The molecular weight excluding hydrogens is 473 g/mol. The van der Waals surface area contributed by atoms with Crippen LogP contribution < -0.4 is 18.2 Å². The molecule has 0 spiro atoms. The van der Waals surface area contributed by atoms with Gasteiger partial charge in [-0.15, -0.1) is 0 Å². The van der Waals surface area contributed by atoms with Crippen LogP contribution in [0.2, 0.25) is 0 Å². The third-order valence-corrected chi connectivity index (χ3v) is 9.78. The number of hydrogen-bond acceptors (Lipinski definition) is 6. The van der Waals surface area contributed by atoms with E-state index in [9.17, 15) is 14.7 Å². The van der Waals surface area contributed by atoms with Crippen molar-refractivity contribution in [2.24, 2.45) is 0 Å². The summed E-state index contributed by atoms with van der Waals surface area (Å²) in [5.41, 5.74) is 0.643. The molecule has 0 bridgehead atoms. The van der Waals surface area contributed by atoms with Crippen molar-refractivity contribution in [2.45, 2.75) is 12.5 Å². The van der Waals surface area contributed by atoms with E-state index in [0.29, 0.717) is 34.6 Å². The van der Waals surface area contributed by atoms with Gasteiger partial charge in [0.25, 0.3) is 0 Å². The molecule has 1 unspecified atom stereocenters. The van der Waals surface area contributed by atoms with Gasteiger partial charge in [0.1, 0.15) is 0 Å². The van der Waals surface area contributed by atoms with Gasteiger partial charge in [0.15, 0.2) is 0 Å². The number of rotatable bonds is 8. The first kappa shape index (κ1) is 22.1. The summed E-state index contributed by atoms with van der Waals surface area (Å²) in [7, 11) is 1.57. The van der Waals surface area contributed by atoms with Crippen LogP contribution in [0, 0.1) is 0 Å². The van der Waals surface area contributed by atoms with Gasteiger partial charge in [0, 0.05) is 0 Å². The third kappa shape index (κ3) is 4.84. The summed E-state index contributed by atoms with van der Waals surface area (Å²) in [6.07, 6.45) is 3.86. The van der Waals surface area contributed by atoms with Crippen molar-refractivity contribution in [3.63, 3.8) is 0 Å². The van der Waals surface area contributed by atoms with Crippen LogP contribution in [0.5, 0.6) is 11.5 Å². The first-order valence-electron chi connectivity index (χ1n) is 10.1. The third-order valence-electron chi connectivity index (χ3n) is 5.05. The van der Waals surface area contributed by atoms with Crippen LogP contribution >= 0.6 is 0 Å². The zero-order valence-corrected chi connectivity index (χ0v) is 19.3. The molecule has 0 saturated carbocycles. The van der Waals surface area contributed by atoms with Gasteiger partial charge in [-0.05, 0) is 0 Å². The van der Waals surface area contributed by atoms with Crippen molar-refractivity contribution in [2.75, 3.05) is 20.3 Å². The average molecular weight is 495 g/mol. The zero-order chi connectivity index (χ0) is 22.5. The van der Waals surface area contributed by atoms with Gasteiger partial charge in [0.05, 0.1) is 0 Å². The molecule has 3 aromatic rings. The van der Waals surface area contributed by atoms with Gasteiger partial charge < -0.3 is 0 Å². The van der Waals surface area contributed by atoms with Gasteiger partial charge in [-0.2, -0.15) is 0 Å². The van der Waals surface area contributed by atoms with E-state index in [-0.39, 0.29) is 16.2 Å². The minimum absolute atomic E-state index is 0.0477. The molecule has 4 rings (SSSR count). The first-order valence-corrected chi connectivity index (χ1v) is 12.9. The maximum absolute atomic E-state index is 13.6. The molecule has 1 saturated heterocycles. The molecule has 1 aliphatic heterocycles. The predicted molar refractivity (Wildman–Crippen MR) is 120 cm³/mol. The fourth-order valence-corrected chi connectivity index (χ4v) is 7.93. The Morgan fingerprint density at radius 3 is 2.56 bits per heavy atom. The minimum atomic E-state index is -2.65. The van der Waals surface area contributed by atoms with E-state index in [2.05, 4.69) is 4.98 Å². The molecule has 0 radical (unpaired) electrons. The van der Waals surface area contributed by atoms with Crippen LogP contribution in [0.4, 0.5) is 0 Å². The monoisotopic (exact) mass is 495 g/mol. The average Bonchev–Trinajstić information content (AvgIpc) is 3.33. The van der Waals surface area contributed by atoms with E-state index < -0.39 is 20.6 Å². The summed E-state index contributed by atoms with van der Waals surface area (Å²) in [6, 6.07) is 15.5. The molecule has 2 heterocycles. The molecule has 1 aromatic heterocycles. The van der Waals surface area contributed by atoms with Crippen molar-refractivity contribution in [1.82, 2.24) is 4.98 Å². The number of methoxy groups -OCH3 is 1. The van der Waals surface area contributed by atoms with Crippen molar-refractivity contribution in [3.8, 4) is 11.5 Å². The standard InChI is InChI=1S/C24H22AsNO6/c1-30-21-8-7-19(13-22(21)32-20-9-11-31-15-20)25(23(27)17-5-3-10-26-14-17)18-6-2-4-16(12-18)24(28)29/h2-8,10,12-14,20H,9,11,15H2,1H3,(H,28,29)/t20-,25?/m1/s1. The van der Waals surface area contributed by atoms with Crippen LogP contribution in [-0.2, 0) is 4.74 Å². The molecule has 0 amide bonds. The zero-order valence-electron chi connectivity index (χ0n) is 17.4. The molecule has 1 fully saturated rings. The van der Waals surface area contributed by atoms with E-state index in [1.807, 2.05) is 18.2 Å². The van der Waals surface area contributed by atoms with Crippen LogP contribution in [-0.4, -0.2) is 61.7 Å². The second-order valence-corrected chi connectivity index (χ2v) is 11.6. The number of carbonyl (C=O) groups is 2. The van der Waals surface area contributed by atoms with Crippen molar-refractivity contribution >= 4 is 33.9 Å². The Balaban J connectivity index is 1.80. The molecule has 164 valence electrons. The Morgan fingerprint density at radius 1 is 1.06 bits per heavy atom. The van der Waals surface area contributed by atoms with Gasteiger partial charge in [-0.1, -0.05) is 0 Å². The first-order chi connectivity index (χ1) is 15.6. The number of carbonyl (C=O) groups excluding carboxylic acids is 1. The molecule has 8 heteroatoms. The Kier molecular flexibility index (Phi) is 6.88. The summed E-state index contributed by atoms with van der Waals surface area (Å²) < 4.78 is 18.5. The number of nitrogens with zero attached hydrogens (tertiary/aromatic N) is 1. The number of pyridine rings is 1. The molecule has 1 aliphatic rings. The van der Waals surface area contributed by atoms with E-state index in [4.69, 9.17) is 14.2 Å². The molecule has 2 atom stereocenters. The normalized spacial score (nSPS) is 16.3. The number of carboxylic acid groups (broad SMARTS) is 1. The van der Waals surface area contributed by atoms with E-state index >= 15 is 0 Å². The molecule has 32 heavy (non-hydrogen) atoms. The van der Waals surface area contributed by atoms with Crippen LogP contribution in [0.1, 0.15) is 27.1 Å². The molecule has 7 nitrogen and oxygen atoms in total. The Morgan fingerprint density at radius 2 is 1.88 bits per heavy atom. The number of benzene rings is 2. The Hall–Kier alpha value is -3.15. The van der Waals surface area contributed by atoms with Crippen LogP contribution in [0.3, 0.4) is 0 Å². The molecular formula is C24H22AsNO6. The van der Waals surface area contributed by atoms with Gasteiger partial charge in [-0.25, -0.2) is 0 Å². The number of aromatic carboxylic acids is 1. The maximum atomic E-state index is 13.6. The second-order valence-electron chi connectivity index (χ2n) is 7.18. The van der Waals surface area contributed by atoms with Crippen LogP contribution in [0.25, 0.3) is 0 Å². The van der Waals surface area contributed by atoms with Crippen LogP contribution in [0.15, 0.2) is 67.0 Å². The van der Waals surface area contributed by atoms with Gasteiger partial charge in [0.2, 0.25) is 0 Å². The fourth-order valence-electron chi connectivity index (χ4n) is 3.46. The summed E-state index contributed by atoms with van der Waals surface area (Å²) >= 11 is -2.65. The van der Waals surface area contributed by atoms with Gasteiger partial charge >= 0.3 is 190 Å². The van der Waals surface area contributed by atoms with Crippen molar-refractivity contribution in [1.29, 1.82) is 0 Å². The summed E-state index contributed by atoms with van der Waals surface area (Å²) in [5, 5.41) is 9.46. The topological polar surface area (TPSA) is 95.0 Å². The summed E-state index contributed by atoms with van der Waals surface area (Å²) in [4.78, 5) is 29.3. The van der Waals surface area contributed by atoms with Gasteiger partial charge in [-0.3, -0.25) is 0 Å². The summed E-state index contributed by atoms with van der Waals surface area (Å²) in [6.45, 7) is 1.15. The Labute approximate surface area is 190 Å². The number of aromatic nitrogens is 1. The van der Waals surface area contributed by atoms with E-state index in [0.717, 1.165) is 10.8 Å². The fraction of sp³-hybridized carbons (Fsp3) is 0.208. The van der Waals surface area contributed by atoms with Crippen molar-refractivity contribution < 1.29 is 28.9 Å². The van der Waals surface area contributed by atoms with E-state index in [1.165, 1.54) is 6.07 Å². The molecule has 2 aromatic carbocycles. The molecule has 0 aliphatic carbocycles. The van der Waals surface area contributed by atoms with E-state index in [1.54, 1.807) is 49.8 Å². The second kappa shape index (κ2) is 9.98. The number of ether oxygens (including phenoxy) is 3. The number of hydrogen-bond donors (Lipinski definition) is 1. The quantitative estimate of drug-likeness (QED) is 0.478. The predicted octanol–water partition coefficient (Wildman–Crippen LogP) is 1.99. The Bertz CT molecular complexity index is 1110. The SMILES string of the molecule is COc1ccc([As](C(=O)c2cccnc2)c2cccc(C(=O)O)c2)cc1O[C@@H]1CCOC1. The summed E-state index contributed by atoms with van der Waals surface area (Å²) in [5.74, 6) is 0.0885. The molecule has 1 N–H and O–H groups in total.